The number of fused-ring (bicyclic) bond motifs is 1. The van der Waals surface area contributed by atoms with Crippen molar-refractivity contribution in [3.63, 3.8) is 0 Å². The molecule has 0 bridgehead atoms. The van der Waals surface area contributed by atoms with Crippen molar-refractivity contribution in [3.05, 3.63) is 40.3 Å². The van der Waals surface area contributed by atoms with Crippen molar-refractivity contribution in [2.45, 2.75) is 50.5 Å². The second-order valence-electron chi connectivity index (χ2n) is 8.52. The molecule has 1 saturated carbocycles. The molecule has 4 heterocycles. The first kappa shape index (κ1) is 19.7. The Labute approximate surface area is 179 Å². The Kier molecular flexibility index (Phi) is 5.16. The first-order valence-corrected chi connectivity index (χ1v) is 10.9. The third kappa shape index (κ3) is 3.79. The molecule has 1 saturated heterocycles. The van der Waals surface area contributed by atoms with Gasteiger partial charge in [0.15, 0.2) is 5.89 Å². The van der Waals surface area contributed by atoms with Crippen molar-refractivity contribution in [1.82, 2.24) is 24.4 Å². The number of piperidine rings is 1. The van der Waals surface area contributed by atoms with Crippen molar-refractivity contribution in [3.8, 4) is 6.07 Å². The molecule has 0 atom stereocenters. The summed E-state index contributed by atoms with van der Waals surface area (Å²) in [5.74, 6) is 1.88. The van der Waals surface area contributed by atoms with Gasteiger partial charge in [-0.3, -0.25) is 14.7 Å². The summed E-state index contributed by atoms with van der Waals surface area (Å²) < 4.78 is 7.61. The van der Waals surface area contributed by atoms with Gasteiger partial charge in [0.1, 0.15) is 17.3 Å². The molecule has 9 heteroatoms. The van der Waals surface area contributed by atoms with E-state index in [1.807, 2.05) is 6.07 Å². The van der Waals surface area contributed by atoms with Gasteiger partial charge in [0.25, 0.3) is 5.56 Å². The summed E-state index contributed by atoms with van der Waals surface area (Å²) in [5.41, 5.74) is 0.390. The lowest BCUT2D eigenvalue weighted by molar-refractivity contribution is 0.238. The highest BCUT2D eigenvalue weighted by Gasteiger charge is 2.24. The van der Waals surface area contributed by atoms with Gasteiger partial charge >= 0.3 is 0 Å². The van der Waals surface area contributed by atoms with Crippen LogP contribution in [0.4, 0.5) is 11.8 Å². The van der Waals surface area contributed by atoms with Gasteiger partial charge in [-0.1, -0.05) is 12.8 Å². The Bertz CT molecular complexity index is 1190. The molecule has 1 N–H and O–H groups in total. The van der Waals surface area contributed by atoms with Crippen LogP contribution in [0.15, 0.2) is 27.7 Å². The summed E-state index contributed by atoms with van der Waals surface area (Å²) in [5, 5.41) is 13.1. The van der Waals surface area contributed by atoms with Gasteiger partial charge in [-0.05, 0) is 51.9 Å². The van der Waals surface area contributed by atoms with E-state index >= 15 is 0 Å². The molecule has 0 aromatic carbocycles. The van der Waals surface area contributed by atoms with E-state index < -0.39 is 0 Å². The van der Waals surface area contributed by atoms with E-state index in [4.69, 9.17) is 4.42 Å². The standard InChI is InChI=1S/C22H25N7O2/c1-28-8-6-14(7-9-28)20-24-13-18(31-20)26-22-25-12-16-10-15(11-23)21(30)29(19(16)27-22)17-4-2-3-5-17/h10,12-14,17H,2-9H2,1H3,(H,25,26,27). The van der Waals surface area contributed by atoms with Crippen LogP contribution in [0.25, 0.3) is 11.0 Å². The van der Waals surface area contributed by atoms with E-state index in [2.05, 4.69) is 32.2 Å². The van der Waals surface area contributed by atoms with E-state index in [-0.39, 0.29) is 17.2 Å². The fraction of sp³-hybridized carbons (Fsp3) is 0.500. The van der Waals surface area contributed by atoms with E-state index in [1.165, 1.54) is 0 Å². The molecule has 5 rings (SSSR count). The van der Waals surface area contributed by atoms with Crippen molar-refractivity contribution in [1.29, 1.82) is 5.26 Å². The van der Waals surface area contributed by atoms with Gasteiger partial charge in [0.05, 0.1) is 6.20 Å². The Morgan fingerprint density at radius 1 is 1.16 bits per heavy atom. The second kappa shape index (κ2) is 8.12. The van der Waals surface area contributed by atoms with E-state index in [0.717, 1.165) is 57.5 Å². The average Bonchev–Trinajstić information content (AvgIpc) is 3.46. The Morgan fingerprint density at radius 2 is 1.94 bits per heavy atom. The summed E-state index contributed by atoms with van der Waals surface area (Å²) >= 11 is 0. The lowest BCUT2D eigenvalue weighted by Crippen LogP contribution is -2.29. The predicted octanol–water partition coefficient (Wildman–Crippen LogP) is 3.32. The summed E-state index contributed by atoms with van der Waals surface area (Å²) in [6.45, 7) is 2.07. The van der Waals surface area contributed by atoms with Crippen molar-refractivity contribution in [2.24, 2.45) is 0 Å². The maximum Gasteiger partial charge on any atom is 0.270 e. The van der Waals surface area contributed by atoms with Crippen LogP contribution in [0.1, 0.15) is 61.9 Å². The number of hydrogen-bond acceptors (Lipinski definition) is 8. The van der Waals surface area contributed by atoms with E-state index in [9.17, 15) is 10.1 Å². The number of anilines is 2. The summed E-state index contributed by atoms with van der Waals surface area (Å²) in [7, 11) is 2.13. The summed E-state index contributed by atoms with van der Waals surface area (Å²) in [6, 6.07) is 3.64. The molecule has 2 aliphatic rings. The SMILES string of the molecule is CN1CCC(c2ncc(Nc3ncc4cc(C#N)c(=O)n(C5CCCC5)c4n3)o2)CC1. The molecule has 0 unspecified atom stereocenters. The van der Waals surface area contributed by atoms with Gasteiger partial charge in [0.2, 0.25) is 11.8 Å². The van der Waals surface area contributed by atoms with Crippen LogP contribution in [-0.2, 0) is 0 Å². The zero-order valence-electron chi connectivity index (χ0n) is 17.5. The molecular weight excluding hydrogens is 394 g/mol. The molecule has 0 radical (unpaired) electrons. The minimum absolute atomic E-state index is 0.0624. The first-order valence-electron chi connectivity index (χ1n) is 10.9. The second-order valence-corrected chi connectivity index (χ2v) is 8.52. The summed E-state index contributed by atoms with van der Waals surface area (Å²) in [4.78, 5) is 28.6. The zero-order chi connectivity index (χ0) is 21.4. The van der Waals surface area contributed by atoms with E-state index in [0.29, 0.717) is 28.8 Å². The van der Waals surface area contributed by atoms with Crippen LogP contribution in [0.2, 0.25) is 0 Å². The van der Waals surface area contributed by atoms with Crippen molar-refractivity contribution >= 4 is 22.9 Å². The predicted molar refractivity (Wildman–Crippen MR) is 115 cm³/mol. The number of rotatable bonds is 4. The third-order valence-corrected chi connectivity index (χ3v) is 6.41. The maximum atomic E-state index is 12.9. The fourth-order valence-corrected chi connectivity index (χ4v) is 4.66. The molecule has 31 heavy (non-hydrogen) atoms. The van der Waals surface area contributed by atoms with Crippen LogP contribution in [0.5, 0.6) is 0 Å². The number of aromatic nitrogens is 4. The lowest BCUT2D eigenvalue weighted by Gasteiger charge is -2.26. The molecule has 1 aliphatic carbocycles. The number of nitrogens with one attached hydrogen (secondary N) is 1. The van der Waals surface area contributed by atoms with Crippen molar-refractivity contribution < 1.29 is 4.42 Å². The number of pyridine rings is 1. The molecule has 3 aromatic rings. The molecule has 0 spiro atoms. The normalized spacial score (nSPS) is 18.5. The quantitative estimate of drug-likeness (QED) is 0.685. The van der Waals surface area contributed by atoms with Crippen molar-refractivity contribution in [2.75, 3.05) is 25.5 Å². The number of nitrogens with zero attached hydrogens (tertiary/aromatic N) is 6. The number of oxazole rings is 1. The van der Waals surface area contributed by atoms with Gasteiger partial charge in [-0.15, -0.1) is 0 Å². The number of likely N-dealkylation sites (tertiary alicyclic amines) is 1. The Morgan fingerprint density at radius 3 is 2.68 bits per heavy atom. The molecule has 0 amide bonds. The maximum absolute atomic E-state index is 12.9. The van der Waals surface area contributed by atoms with Crippen LogP contribution in [-0.4, -0.2) is 44.6 Å². The molecule has 160 valence electrons. The first-order chi connectivity index (χ1) is 15.1. The molecular formula is C22H25N7O2. The topological polar surface area (TPSA) is 113 Å². The molecule has 1 aliphatic heterocycles. The number of nitriles is 1. The lowest BCUT2D eigenvalue weighted by atomic mass is 9.97. The Balaban J connectivity index is 1.46. The highest BCUT2D eigenvalue weighted by atomic mass is 16.4. The number of hydrogen-bond donors (Lipinski definition) is 1. The average molecular weight is 419 g/mol. The minimum atomic E-state index is -0.282. The van der Waals surface area contributed by atoms with Gasteiger partial charge in [0, 0.05) is 23.5 Å². The highest BCUT2D eigenvalue weighted by Crippen LogP contribution is 2.31. The van der Waals surface area contributed by atoms with Crippen LogP contribution >= 0.6 is 0 Å². The molecule has 3 aromatic heterocycles. The molecule has 9 nitrogen and oxygen atoms in total. The van der Waals surface area contributed by atoms with Gasteiger partial charge < -0.3 is 9.32 Å². The monoisotopic (exact) mass is 419 g/mol. The zero-order valence-corrected chi connectivity index (χ0v) is 17.5. The van der Waals surface area contributed by atoms with Gasteiger partial charge in [-0.2, -0.15) is 10.2 Å². The van der Waals surface area contributed by atoms with Crippen LogP contribution in [0, 0.1) is 11.3 Å². The highest BCUT2D eigenvalue weighted by molar-refractivity contribution is 5.77. The smallest absolute Gasteiger partial charge is 0.270 e. The van der Waals surface area contributed by atoms with Crippen LogP contribution < -0.4 is 10.9 Å². The van der Waals surface area contributed by atoms with Crippen LogP contribution in [0.3, 0.4) is 0 Å². The largest absolute Gasteiger partial charge is 0.425 e. The molecule has 2 fully saturated rings. The third-order valence-electron chi connectivity index (χ3n) is 6.41. The fourth-order valence-electron chi connectivity index (χ4n) is 4.66. The minimum Gasteiger partial charge on any atom is -0.425 e. The summed E-state index contributed by atoms with van der Waals surface area (Å²) in [6.07, 6.45) is 9.33. The van der Waals surface area contributed by atoms with Gasteiger partial charge in [-0.25, -0.2) is 9.97 Å². The Hall–Kier alpha value is -3.25. The van der Waals surface area contributed by atoms with E-state index in [1.54, 1.807) is 23.0 Å².